The Labute approximate surface area is 101 Å². The van der Waals surface area contributed by atoms with Crippen molar-refractivity contribution in [1.29, 1.82) is 0 Å². The van der Waals surface area contributed by atoms with Gasteiger partial charge in [0.1, 0.15) is 0 Å². The van der Waals surface area contributed by atoms with Gasteiger partial charge in [-0.15, -0.1) is 0 Å². The third kappa shape index (κ3) is 2.47. The Morgan fingerprint density at radius 3 is 2.50 bits per heavy atom. The maximum absolute atomic E-state index is 12.8. The second-order valence-electron chi connectivity index (χ2n) is 4.03. The van der Waals surface area contributed by atoms with Crippen LogP contribution in [0.5, 0.6) is 0 Å². The largest absolute Gasteiger partial charge is 0.416 e. The number of hydrogen-bond donors (Lipinski definition) is 1. The predicted molar refractivity (Wildman–Crippen MR) is 60.3 cm³/mol. The van der Waals surface area contributed by atoms with Crippen LogP contribution in [0.25, 0.3) is 0 Å². The van der Waals surface area contributed by atoms with Gasteiger partial charge in [0.25, 0.3) is 0 Å². The van der Waals surface area contributed by atoms with Crippen molar-refractivity contribution < 1.29 is 13.2 Å². The highest BCUT2D eigenvalue weighted by Crippen LogP contribution is 2.31. The standard InChI is InChI=1S/C12H11F3N2O/c1-8-6-17(11(18)16-8)7-9-4-2-3-5-10(9)12(13,14)15/h2-6H,7H2,1H3,(H,16,18). The molecule has 1 aromatic carbocycles. The number of aryl methyl sites for hydroxylation is 1. The van der Waals surface area contributed by atoms with Crippen LogP contribution in [0.2, 0.25) is 0 Å². The van der Waals surface area contributed by atoms with E-state index < -0.39 is 17.4 Å². The minimum Gasteiger partial charge on any atom is -0.310 e. The van der Waals surface area contributed by atoms with Gasteiger partial charge in [-0.25, -0.2) is 4.79 Å². The highest BCUT2D eigenvalue weighted by Gasteiger charge is 2.32. The lowest BCUT2D eigenvalue weighted by molar-refractivity contribution is -0.138. The van der Waals surface area contributed by atoms with E-state index in [1.807, 2.05) is 0 Å². The lowest BCUT2D eigenvalue weighted by Crippen LogP contribution is -2.19. The monoisotopic (exact) mass is 256 g/mol. The van der Waals surface area contributed by atoms with Gasteiger partial charge < -0.3 is 4.98 Å². The normalized spacial score (nSPS) is 11.8. The van der Waals surface area contributed by atoms with E-state index in [1.165, 1.54) is 29.0 Å². The highest BCUT2D eigenvalue weighted by atomic mass is 19.4. The Morgan fingerprint density at radius 1 is 1.28 bits per heavy atom. The molecule has 0 radical (unpaired) electrons. The molecule has 6 heteroatoms. The van der Waals surface area contributed by atoms with Gasteiger partial charge >= 0.3 is 11.9 Å². The van der Waals surface area contributed by atoms with Crippen molar-refractivity contribution in [3.63, 3.8) is 0 Å². The number of nitrogens with zero attached hydrogens (tertiary/aromatic N) is 1. The zero-order chi connectivity index (χ0) is 13.3. The average Bonchev–Trinajstić information content (AvgIpc) is 2.57. The predicted octanol–water partition coefficient (Wildman–Crippen LogP) is 2.55. The smallest absolute Gasteiger partial charge is 0.310 e. The van der Waals surface area contributed by atoms with E-state index in [9.17, 15) is 18.0 Å². The summed E-state index contributed by atoms with van der Waals surface area (Å²) >= 11 is 0. The first-order valence-electron chi connectivity index (χ1n) is 5.29. The van der Waals surface area contributed by atoms with Crippen molar-refractivity contribution >= 4 is 0 Å². The molecule has 3 nitrogen and oxygen atoms in total. The van der Waals surface area contributed by atoms with Crippen LogP contribution in [0.1, 0.15) is 16.8 Å². The van der Waals surface area contributed by atoms with Gasteiger partial charge in [0.2, 0.25) is 0 Å². The molecule has 1 heterocycles. The van der Waals surface area contributed by atoms with Crippen LogP contribution in [-0.2, 0) is 12.7 Å². The first kappa shape index (κ1) is 12.5. The number of imidazole rings is 1. The van der Waals surface area contributed by atoms with Gasteiger partial charge in [0.15, 0.2) is 0 Å². The molecule has 0 spiro atoms. The first-order valence-corrected chi connectivity index (χ1v) is 5.29. The third-order valence-electron chi connectivity index (χ3n) is 2.58. The molecule has 0 atom stereocenters. The zero-order valence-electron chi connectivity index (χ0n) is 9.58. The fourth-order valence-corrected chi connectivity index (χ4v) is 1.80. The number of rotatable bonds is 2. The second-order valence-corrected chi connectivity index (χ2v) is 4.03. The van der Waals surface area contributed by atoms with E-state index in [0.29, 0.717) is 5.69 Å². The third-order valence-corrected chi connectivity index (χ3v) is 2.58. The van der Waals surface area contributed by atoms with Crippen molar-refractivity contribution in [3.05, 3.63) is 57.8 Å². The molecule has 0 aliphatic heterocycles. The molecule has 96 valence electrons. The summed E-state index contributed by atoms with van der Waals surface area (Å²) in [5, 5.41) is 0. The van der Waals surface area contributed by atoms with Crippen molar-refractivity contribution in [1.82, 2.24) is 9.55 Å². The van der Waals surface area contributed by atoms with Crippen LogP contribution in [0, 0.1) is 6.92 Å². The van der Waals surface area contributed by atoms with Gasteiger partial charge in [-0.1, -0.05) is 18.2 Å². The summed E-state index contributed by atoms with van der Waals surface area (Å²) in [4.78, 5) is 13.9. The molecular weight excluding hydrogens is 245 g/mol. The second kappa shape index (κ2) is 4.36. The van der Waals surface area contributed by atoms with Gasteiger partial charge in [0.05, 0.1) is 12.1 Å². The van der Waals surface area contributed by atoms with Crippen molar-refractivity contribution in [2.75, 3.05) is 0 Å². The highest BCUT2D eigenvalue weighted by molar-refractivity contribution is 5.29. The average molecular weight is 256 g/mol. The summed E-state index contributed by atoms with van der Waals surface area (Å²) in [6.07, 6.45) is -2.92. The summed E-state index contributed by atoms with van der Waals surface area (Å²) in [5.41, 5.74) is -0.434. The summed E-state index contributed by atoms with van der Waals surface area (Å²) in [7, 11) is 0. The quantitative estimate of drug-likeness (QED) is 0.881. The minimum atomic E-state index is -4.41. The SMILES string of the molecule is Cc1cn(Cc2ccccc2C(F)(F)F)c(=O)[nH]1. The molecule has 0 aliphatic rings. The molecule has 18 heavy (non-hydrogen) atoms. The number of nitrogens with one attached hydrogen (secondary N) is 1. The summed E-state index contributed by atoms with van der Waals surface area (Å²) in [6, 6.07) is 5.24. The Morgan fingerprint density at radius 2 is 1.94 bits per heavy atom. The van der Waals surface area contributed by atoms with E-state index in [2.05, 4.69) is 4.98 Å². The summed E-state index contributed by atoms with van der Waals surface area (Å²) in [6.45, 7) is 1.58. The number of halogens is 3. The molecule has 2 rings (SSSR count). The topological polar surface area (TPSA) is 37.8 Å². The van der Waals surface area contributed by atoms with Crippen LogP contribution in [0.3, 0.4) is 0 Å². The van der Waals surface area contributed by atoms with Gasteiger partial charge in [0, 0.05) is 11.9 Å². The van der Waals surface area contributed by atoms with E-state index >= 15 is 0 Å². The molecule has 0 amide bonds. The van der Waals surface area contributed by atoms with Gasteiger partial charge in [-0.2, -0.15) is 13.2 Å². The summed E-state index contributed by atoms with van der Waals surface area (Å²) < 4.78 is 39.5. The van der Waals surface area contributed by atoms with Gasteiger partial charge in [-0.3, -0.25) is 4.57 Å². The lowest BCUT2D eigenvalue weighted by atomic mass is 10.1. The Bertz CT molecular complexity index is 610. The molecule has 0 fully saturated rings. The van der Waals surface area contributed by atoms with E-state index in [1.54, 1.807) is 6.92 Å². The van der Waals surface area contributed by atoms with E-state index in [0.717, 1.165) is 6.07 Å². The number of H-pyrrole nitrogens is 1. The molecule has 1 N–H and O–H groups in total. The molecular formula is C12H11F3N2O. The van der Waals surface area contributed by atoms with Crippen molar-refractivity contribution in [2.45, 2.75) is 19.6 Å². The fraction of sp³-hybridized carbons (Fsp3) is 0.250. The summed E-state index contributed by atoms with van der Waals surface area (Å²) in [5.74, 6) is 0. The van der Waals surface area contributed by atoms with Crippen LogP contribution in [0.15, 0.2) is 35.3 Å². The van der Waals surface area contributed by atoms with Crippen LogP contribution in [-0.4, -0.2) is 9.55 Å². The first-order chi connectivity index (χ1) is 8.38. The minimum absolute atomic E-state index is 0.0751. The number of aromatic nitrogens is 2. The molecule has 0 aliphatic carbocycles. The number of aromatic amines is 1. The molecule has 1 aromatic heterocycles. The van der Waals surface area contributed by atoms with Gasteiger partial charge in [-0.05, 0) is 18.6 Å². The number of hydrogen-bond acceptors (Lipinski definition) is 1. The van der Waals surface area contributed by atoms with Crippen LogP contribution >= 0.6 is 0 Å². The molecule has 0 unspecified atom stereocenters. The fourth-order valence-electron chi connectivity index (χ4n) is 1.80. The van der Waals surface area contributed by atoms with E-state index in [-0.39, 0.29) is 12.1 Å². The molecule has 0 saturated heterocycles. The Hall–Kier alpha value is -1.98. The van der Waals surface area contributed by atoms with Crippen LogP contribution in [0.4, 0.5) is 13.2 Å². The Kier molecular flexibility index (Phi) is 3.02. The number of alkyl halides is 3. The van der Waals surface area contributed by atoms with E-state index in [4.69, 9.17) is 0 Å². The number of benzene rings is 1. The Balaban J connectivity index is 2.41. The van der Waals surface area contributed by atoms with Crippen molar-refractivity contribution in [3.8, 4) is 0 Å². The molecule has 0 bridgehead atoms. The molecule has 0 saturated carbocycles. The molecule has 2 aromatic rings. The lowest BCUT2D eigenvalue weighted by Gasteiger charge is -2.12. The van der Waals surface area contributed by atoms with Crippen LogP contribution < -0.4 is 5.69 Å². The van der Waals surface area contributed by atoms with Crippen molar-refractivity contribution in [2.24, 2.45) is 0 Å². The maximum Gasteiger partial charge on any atom is 0.416 e. The zero-order valence-corrected chi connectivity index (χ0v) is 9.58. The maximum atomic E-state index is 12.8.